The number of likely N-dealkylation sites (tertiary alicyclic amines) is 1. The predicted octanol–water partition coefficient (Wildman–Crippen LogP) is 1.74. The minimum absolute atomic E-state index is 0.147. The van der Waals surface area contributed by atoms with E-state index in [-0.39, 0.29) is 24.3 Å². The van der Waals surface area contributed by atoms with Crippen molar-refractivity contribution in [1.82, 2.24) is 10.2 Å². The molecule has 0 saturated carbocycles. The molecule has 5 heteroatoms. The Hall–Kier alpha value is -0.810. The lowest BCUT2D eigenvalue weighted by molar-refractivity contribution is 0.0198. The van der Waals surface area contributed by atoms with Gasteiger partial charge < -0.3 is 20.1 Å². The summed E-state index contributed by atoms with van der Waals surface area (Å²) >= 11 is 0. The van der Waals surface area contributed by atoms with E-state index in [2.05, 4.69) is 12.2 Å². The van der Waals surface area contributed by atoms with Crippen LogP contribution in [0, 0.1) is 0 Å². The molecular formula is C14H28N2O3. The SMILES string of the molecule is CC(O)CNC(C)C1CCCN1C(=O)OC(C)(C)C. The molecule has 0 bridgehead atoms. The molecule has 1 aliphatic heterocycles. The fourth-order valence-corrected chi connectivity index (χ4v) is 2.35. The predicted molar refractivity (Wildman–Crippen MR) is 75.1 cm³/mol. The average molecular weight is 272 g/mol. The zero-order valence-electron chi connectivity index (χ0n) is 12.8. The minimum Gasteiger partial charge on any atom is -0.444 e. The normalized spacial score (nSPS) is 23.3. The number of nitrogens with zero attached hydrogens (tertiary/aromatic N) is 1. The van der Waals surface area contributed by atoms with Gasteiger partial charge >= 0.3 is 6.09 Å². The average Bonchev–Trinajstić information content (AvgIpc) is 2.72. The first-order valence-electron chi connectivity index (χ1n) is 7.12. The number of carbonyl (C=O) groups is 1. The third-order valence-corrected chi connectivity index (χ3v) is 3.24. The lowest BCUT2D eigenvalue weighted by Gasteiger charge is -2.32. The van der Waals surface area contributed by atoms with Crippen molar-refractivity contribution in [1.29, 1.82) is 0 Å². The highest BCUT2D eigenvalue weighted by Crippen LogP contribution is 2.23. The van der Waals surface area contributed by atoms with E-state index < -0.39 is 5.60 Å². The summed E-state index contributed by atoms with van der Waals surface area (Å²) < 4.78 is 5.44. The van der Waals surface area contributed by atoms with Crippen molar-refractivity contribution in [3.05, 3.63) is 0 Å². The van der Waals surface area contributed by atoms with E-state index in [0.717, 1.165) is 19.4 Å². The Kier molecular flexibility index (Phi) is 5.62. The number of nitrogens with one attached hydrogen (secondary N) is 1. The van der Waals surface area contributed by atoms with Crippen LogP contribution in [0.1, 0.15) is 47.5 Å². The Labute approximate surface area is 116 Å². The standard InChI is InChI=1S/C14H28N2O3/c1-10(17)9-15-11(2)12-7-6-8-16(12)13(18)19-14(3,4)5/h10-12,15,17H,6-9H2,1-5H3. The number of hydrogen-bond donors (Lipinski definition) is 2. The molecule has 0 aromatic heterocycles. The molecule has 2 N–H and O–H groups in total. The van der Waals surface area contributed by atoms with Crippen molar-refractivity contribution in [3.63, 3.8) is 0 Å². The number of aliphatic hydroxyl groups is 1. The highest BCUT2D eigenvalue weighted by Gasteiger charge is 2.35. The third-order valence-electron chi connectivity index (χ3n) is 3.24. The second-order valence-corrected chi connectivity index (χ2v) is 6.43. The maximum Gasteiger partial charge on any atom is 0.410 e. The molecule has 0 aromatic rings. The summed E-state index contributed by atoms with van der Waals surface area (Å²) in [5.74, 6) is 0. The molecule has 1 aliphatic rings. The van der Waals surface area contributed by atoms with Gasteiger partial charge in [-0.25, -0.2) is 4.79 Å². The Morgan fingerprint density at radius 2 is 2.11 bits per heavy atom. The highest BCUT2D eigenvalue weighted by atomic mass is 16.6. The second-order valence-electron chi connectivity index (χ2n) is 6.43. The van der Waals surface area contributed by atoms with Crippen molar-refractivity contribution in [2.75, 3.05) is 13.1 Å². The van der Waals surface area contributed by atoms with Crippen molar-refractivity contribution in [2.45, 2.75) is 71.2 Å². The van der Waals surface area contributed by atoms with Crippen LogP contribution in [-0.4, -0.2) is 53.0 Å². The Bertz CT molecular complexity index is 300. The Morgan fingerprint density at radius 1 is 1.47 bits per heavy atom. The molecule has 1 amide bonds. The van der Waals surface area contributed by atoms with E-state index in [1.165, 1.54) is 0 Å². The first-order chi connectivity index (χ1) is 8.70. The summed E-state index contributed by atoms with van der Waals surface area (Å²) in [6.45, 7) is 10.7. The molecule has 1 rings (SSSR count). The van der Waals surface area contributed by atoms with E-state index in [0.29, 0.717) is 6.54 Å². The topological polar surface area (TPSA) is 61.8 Å². The third kappa shape index (κ3) is 5.37. The summed E-state index contributed by atoms with van der Waals surface area (Å²) in [5, 5.41) is 12.6. The van der Waals surface area contributed by atoms with E-state index in [1.54, 1.807) is 6.92 Å². The van der Waals surface area contributed by atoms with Gasteiger partial charge in [0.05, 0.1) is 12.1 Å². The first kappa shape index (κ1) is 16.2. The molecule has 1 fully saturated rings. The summed E-state index contributed by atoms with van der Waals surface area (Å²) in [6.07, 6.45) is 1.37. The molecule has 3 atom stereocenters. The highest BCUT2D eigenvalue weighted by molar-refractivity contribution is 5.69. The van der Waals surface area contributed by atoms with Gasteiger partial charge in [0.1, 0.15) is 5.60 Å². The van der Waals surface area contributed by atoms with E-state index in [4.69, 9.17) is 4.74 Å². The van der Waals surface area contributed by atoms with Gasteiger partial charge in [-0.05, 0) is 47.5 Å². The zero-order chi connectivity index (χ0) is 14.6. The van der Waals surface area contributed by atoms with Gasteiger partial charge in [-0.3, -0.25) is 0 Å². The number of carbonyl (C=O) groups excluding carboxylic acids is 1. The fourth-order valence-electron chi connectivity index (χ4n) is 2.35. The summed E-state index contributed by atoms with van der Waals surface area (Å²) in [6, 6.07) is 0.304. The molecule has 0 aromatic carbocycles. The van der Waals surface area contributed by atoms with Crippen molar-refractivity contribution in [2.24, 2.45) is 0 Å². The smallest absolute Gasteiger partial charge is 0.410 e. The lowest BCUT2D eigenvalue weighted by Crippen LogP contribution is -2.50. The molecule has 5 nitrogen and oxygen atoms in total. The summed E-state index contributed by atoms with van der Waals surface area (Å²) in [7, 11) is 0. The van der Waals surface area contributed by atoms with Gasteiger partial charge in [0.15, 0.2) is 0 Å². The maximum absolute atomic E-state index is 12.1. The van der Waals surface area contributed by atoms with E-state index >= 15 is 0 Å². The molecule has 112 valence electrons. The van der Waals surface area contributed by atoms with Crippen LogP contribution in [0.4, 0.5) is 4.79 Å². The minimum atomic E-state index is -0.458. The van der Waals surface area contributed by atoms with Crippen LogP contribution in [-0.2, 0) is 4.74 Å². The summed E-state index contributed by atoms with van der Waals surface area (Å²) in [5.41, 5.74) is -0.458. The van der Waals surface area contributed by atoms with Gasteiger partial charge in [-0.2, -0.15) is 0 Å². The van der Waals surface area contributed by atoms with Crippen molar-refractivity contribution < 1.29 is 14.6 Å². The molecular weight excluding hydrogens is 244 g/mol. The lowest BCUT2D eigenvalue weighted by atomic mass is 10.1. The molecule has 1 saturated heterocycles. The van der Waals surface area contributed by atoms with Gasteiger partial charge in [0.2, 0.25) is 0 Å². The quantitative estimate of drug-likeness (QED) is 0.818. The maximum atomic E-state index is 12.1. The van der Waals surface area contributed by atoms with Crippen molar-refractivity contribution in [3.8, 4) is 0 Å². The Balaban J connectivity index is 2.55. The molecule has 3 unspecified atom stereocenters. The number of amides is 1. The van der Waals surface area contributed by atoms with Crippen molar-refractivity contribution >= 4 is 6.09 Å². The van der Waals surface area contributed by atoms with Crippen LogP contribution in [0.25, 0.3) is 0 Å². The molecule has 19 heavy (non-hydrogen) atoms. The van der Waals surface area contributed by atoms with Gasteiger partial charge in [-0.1, -0.05) is 0 Å². The summed E-state index contributed by atoms with van der Waals surface area (Å²) in [4.78, 5) is 14.0. The van der Waals surface area contributed by atoms with Crippen LogP contribution in [0.15, 0.2) is 0 Å². The number of ether oxygens (including phenoxy) is 1. The van der Waals surface area contributed by atoms with Crippen LogP contribution in [0.3, 0.4) is 0 Å². The number of hydrogen-bond acceptors (Lipinski definition) is 4. The molecule has 0 radical (unpaired) electrons. The molecule has 0 aliphatic carbocycles. The Morgan fingerprint density at radius 3 is 2.63 bits per heavy atom. The van der Waals surface area contributed by atoms with Crippen LogP contribution >= 0.6 is 0 Å². The van der Waals surface area contributed by atoms with Crippen LogP contribution in [0.2, 0.25) is 0 Å². The number of rotatable bonds is 4. The van der Waals surface area contributed by atoms with E-state index in [1.807, 2.05) is 25.7 Å². The van der Waals surface area contributed by atoms with Gasteiger partial charge in [0, 0.05) is 19.1 Å². The number of aliphatic hydroxyl groups excluding tert-OH is 1. The zero-order valence-corrected chi connectivity index (χ0v) is 12.8. The van der Waals surface area contributed by atoms with E-state index in [9.17, 15) is 9.90 Å². The fraction of sp³-hybridized carbons (Fsp3) is 0.929. The molecule has 1 heterocycles. The first-order valence-corrected chi connectivity index (χ1v) is 7.12. The van der Waals surface area contributed by atoms with Crippen LogP contribution < -0.4 is 5.32 Å². The van der Waals surface area contributed by atoms with Crippen LogP contribution in [0.5, 0.6) is 0 Å². The molecule has 0 spiro atoms. The van der Waals surface area contributed by atoms with Gasteiger partial charge in [0.25, 0.3) is 0 Å². The van der Waals surface area contributed by atoms with Gasteiger partial charge in [-0.15, -0.1) is 0 Å². The second kappa shape index (κ2) is 6.57. The largest absolute Gasteiger partial charge is 0.444 e. The monoisotopic (exact) mass is 272 g/mol.